The third-order valence-electron chi connectivity index (χ3n) is 2.91. The summed E-state index contributed by atoms with van der Waals surface area (Å²) in [6.07, 6.45) is 0. The van der Waals surface area contributed by atoms with Crippen LogP contribution in [0, 0.1) is 17.5 Å². The second-order valence-electron chi connectivity index (χ2n) is 4.53. The van der Waals surface area contributed by atoms with Crippen LogP contribution in [0.1, 0.15) is 15.9 Å². The predicted octanol–water partition coefficient (Wildman–Crippen LogP) is 4.14. The molecule has 0 spiro atoms. The van der Waals surface area contributed by atoms with Gasteiger partial charge in [-0.25, -0.2) is 13.2 Å². The van der Waals surface area contributed by atoms with Gasteiger partial charge in [-0.3, -0.25) is 4.79 Å². The van der Waals surface area contributed by atoms with Crippen molar-refractivity contribution in [1.82, 2.24) is 4.90 Å². The maximum absolute atomic E-state index is 13.2. The van der Waals surface area contributed by atoms with Gasteiger partial charge in [0.15, 0.2) is 11.6 Å². The molecule has 0 saturated carbocycles. The van der Waals surface area contributed by atoms with Gasteiger partial charge in [-0.05, 0) is 51.8 Å². The van der Waals surface area contributed by atoms with E-state index in [1.54, 1.807) is 0 Å². The molecule has 2 rings (SSSR count). The first-order valence-electron chi connectivity index (χ1n) is 6.03. The normalized spacial score (nSPS) is 10.5. The molecule has 0 heterocycles. The van der Waals surface area contributed by atoms with Crippen LogP contribution in [0.2, 0.25) is 0 Å². The number of nitrogens with zero attached hydrogens (tertiary/aromatic N) is 1. The van der Waals surface area contributed by atoms with E-state index in [9.17, 15) is 18.0 Å². The largest absolute Gasteiger partial charge is 0.337 e. The lowest BCUT2D eigenvalue weighted by atomic mass is 10.1. The van der Waals surface area contributed by atoms with Crippen molar-refractivity contribution in [3.63, 3.8) is 0 Å². The Hall–Kier alpha value is -1.82. The zero-order valence-electron chi connectivity index (χ0n) is 11.0. The summed E-state index contributed by atoms with van der Waals surface area (Å²) in [5.41, 5.74) is 0.609. The van der Waals surface area contributed by atoms with Crippen molar-refractivity contribution in [3.8, 4) is 0 Å². The molecule has 6 heteroatoms. The van der Waals surface area contributed by atoms with Crippen LogP contribution in [0.3, 0.4) is 0 Å². The van der Waals surface area contributed by atoms with E-state index < -0.39 is 23.4 Å². The zero-order valence-corrected chi connectivity index (χ0v) is 12.6. The smallest absolute Gasteiger partial charge is 0.255 e. The van der Waals surface area contributed by atoms with Gasteiger partial charge < -0.3 is 4.90 Å². The molecule has 0 unspecified atom stereocenters. The van der Waals surface area contributed by atoms with E-state index >= 15 is 0 Å². The van der Waals surface area contributed by atoms with Gasteiger partial charge in [-0.2, -0.15) is 0 Å². The maximum atomic E-state index is 13.2. The van der Waals surface area contributed by atoms with E-state index in [2.05, 4.69) is 15.9 Å². The Bertz CT molecular complexity index is 691. The van der Waals surface area contributed by atoms with Crippen molar-refractivity contribution in [3.05, 3.63) is 69.4 Å². The third kappa shape index (κ3) is 3.64. The highest BCUT2D eigenvalue weighted by molar-refractivity contribution is 9.10. The average Bonchev–Trinajstić information content (AvgIpc) is 2.44. The van der Waals surface area contributed by atoms with E-state index in [-0.39, 0.29) is 12.1 Å². The molecule has 0 radical (unpaired) electrons. The molecule has 0 N–H and O–H groups in total. The Morgan fingerprint density at radius 2 is 1.81 bits per heavy atom. The number of hydrogen-bond acceptors (Lipinski definition) is 1. The molecule has 110 valence electrons. The summed E-state index contributed by atoms with van der Waals surface area (Å²) in [5.74, 6) is -2.87. The quantitative estimate of drug-likeness (QED) is 0.808. The first kappa shape index (κ1) is 15.6. The molecule has 0 saturated heterocycles. The minimum atomic E-state index is -0.972. The number of carbonyl (C=O) groups is 1. The van der Waals surface area contributed by atoms with E-state index in [1.807, 2.05) is 0 Å². The molecule has 2 aromatic carbocycles. The minimum Gasteiger partial charge on any atom is -0.337 e. The Balaban J connectivity index is 2.19. The molecular formula is C15H11BrF3NO. The van der Waals surface area contributed by atoms with Crippen molar-refractivity contribution in [1.29, 1.82) is 0 Å². The molecule has 0 bridgehead atoms. The fourth-order valence-corrected chi connectivity index (χ4v) is 2.27. The summed E-state index contributed by atoms with van der Waals surface area (Å²) in [6.45, 7) is 0.0823. The van der Waals surface area contributed by atoms with Gasteiger partial charge in [0, 0.05) is 18.1 Å². The SMILES string of the molecule is CN(Cc1ccc(F)c(F)c1)C(=O)c1cc(F)ccc1Br. The number of amides is 1. The predicted molar refractivity (Wildman–Crippen MR) is 76.3 cm³/mol. The van der Waals surface area contributed by atoms with Crippen molar-refractivity contribution in [2.75, 3.05) is 7.05 Å². The number of carbonyl (C=O) groups excluding carboxylic acids is 1. The van der Waals surface area contributed by atoms with Gasteiger partial charge in [0.05, 0.1) is 5.56 Å². The Labute approximate surface area is 128 Å². The lowest BCUT2D eigenvalue weighted by molar-refractivity contribution is 0.0783. The van der Waals surface area contributed by atoms with E-state index in [0.717, 1.165) is 18.2 Å². The van der Waals surface area contributed by atoms with Crippen LogP contribution in [-0.4, -0.2) is 17.9 Å². The fourth-order valence-electron chi connectivity index (χ4n) is 1.85. The molecule has 0 aliphatic heterocycles. The molecule has 0 aliphatic carbocycles. The van der Waals surface area contributed by atoms with Crippen molar-refractivity contribution < 1.29 is 18.0 Å². The Kier molecular flexibility index (Phi) is 4.67. The van der Waals surface area contributed by atoms with E-state index in [4.69, 9.17) is 0 Å². The highest BCUT2D eigenvalue weighted by Crippen LogP contribution is 2.20. The van der Waals surface area contributed by atoms with Gasteiger partial charge in [0.2, 0.25) is 0 Å². The van der Waals surface area contributed by atoms with Gasteiger partial charge >= 0.3 is 0 Å². The van der Waals surface area contributed by atoms with Gasteiger partial charge in [0.1, 0.15) is 5.82 Å². The van der Waals surface area contributed by atoms with Crippen LogP contribution in [0.15, 0.2) is 40.9 Å². The van der Waals surface area contributed by atoms with Crippen LogP contribution >= 0.6 is 15.9 Å². The molecule has 0 aliphatic rings. The van der Waals surface area contributed by atoms with Gasteiger partial charge in [0.25, 0.3) is 5.91 Å². The van der Waals surface area contributed by atoms with Crippen molar-refractivity contribution in [2.45, 2.75) is 6.54 Å². The van der Waals surface area contributed by atoms with Gasteiger partial charge in [-0.1, -0.05) is 6.07 Å². The summed E-state index contributed by atoms with van der Waals surface area (Å²) in [5, 5.41) is 0. The van der Waals surface area contributed by atoms with Crippen LogP contribution in [0.5, 0.6) is 0 Å². The van der Waals surface area contributed by atoms with Crippen molar-refractivity contribution >= 4 is 21.8 Å². The first-order chi connectivity index (χ1) is 9.88. The Morgan fingerprint density at radius 3 is 2.48 bits per heavy atom. The van der Waals surface area contributed by atoms with Crippen LogP contribution in [0.4, 0.5) is 13.2 Å². The molecule has 2 nitrogen and oxygen atoms in total. The summed E-state index contributed by atoms with van der Waals surface area (Å²) >= 11 is 3.18. The number of rotatable bonds is 3. The third-order valence-corrected chi connectivity index (χ3v) is 3.60. The summed E-state index contributed by atoms with van der Waals surface area (Å²) in [6, 6.07) is 7.21. The van der Waals surface area contributed by atoms with Crippen molar-refractivity contribution in [2.24, 2.45) is 0 Å². The van der Waals surface area contributed by atoms with E-state index in [0.29, 0.717) is 10.0 Å². The molecule has 0 fully saturated rings. The second-order valence-corrected chi connectivity index (χ2v) is 5.39. The maximum Gasteiger partial charge on any atom is 0.255 e. The lowest BCUT2D eigenvalue weighted by Crippen LogP contribution is -2.26. The number of benzene rings is 2. The molecular weight excluding hydrogens is 347 g/mol. The topological polar surface area (TPSA) is 20.3 Å². The first-order valence-corrected chi connectivity index (χ1v) is 6.82. The lowest BCUT2D eigenvalue weighted by Gasteiger charge is -2.18. The Morgan fingerprint density at radius 1 is 1.10 bits per heavy atom. The molecule has 1 amide bonds. The van der Waals surface area contributed by atoms with Crippen LogP contribution < -0.4 is 0 Å². The average molecular weight is 358 g/mol. The molecule has 2 aromatic rings. The number of hydrogen-bond donors (Lipinski definition) is 0. The van der Waals surface area contributed by atoms with Crippen LogP contribution in [-0.2, 0) is 6.54 Å². The fraction of sp³-hybridized carbons (Fsp3) is 0.133. The van der Waals surface area contributed by atoms with Crippen LogP contribution in [0.25, 0.3) is 0 Å². The second kappa shape index (κ2) is 6.30. The molecule has 0 aromatic heterocycles. The monoisotopic (exact) mass is 357 g/mol. The highest BCUT2D eigenvalue weighted by Gasteiger charge is 2.16. The summed E-state index contributed by atoms with van der Waals surface area (Å²) in [4.78, 5) is 13.5. The minimum absolute atomic E-state index is 0.0823. The molecule has 0 atom stereocenters. The van der Waals surface area contributed by atoms with E-state index in [1.165, 1.54) is 30.1 Å². The molecule has 21 heavy (non-hydrogen) atoms. The van der Waals surface area contributed by atoms with Gasteiger partial charge in [-0.15, -0.1) is 0 Å². The zero-order chi connectivity index (χ0) is 15.6. The summed E-state index contributed by atoms with van der Waals surface area (Å²) < 4.78 is 39.7. The highest BCUT2D eigenvalue weighted by atomic mass is 79.9. The standard InChI is InChI=1S/C15H11BrF3NO/c1-20(8-9-2-5-13(18)14(19)6-9)15(21)11-7-10(17)3-4-12(11)16/h2-7H,8H2,1H3. The number of halogens is 4. The summed E-state index contributed by atoms with van der Waals surface area (Å²) in [7, 11) is 1.50.